The molecule has 3 heteroatoms. The van der Waals surface area contributed by atoms with Gasteiger partial charge in [-0.15, -0.1) is 0 Å². The molecular formula is C66H44N2O. The molecule has 0 aliphatic heterocycles. The number of furan rings is 1. The minimum absolute atomic E-state index is 0.882. The third-order valence-corrected chi connectivity index (χ3v) is 13.5. The van der Waals surface area contributed by atoms with Crippen LogP contribution >= 0.6 is 0 Å². The average Bonchev–Trinajstić information content (AvgIpc) is 3.97. The molecule has 0 saturated heterocycles. The number of nitrogens with zero attached hydrogens (tertiary/aromatic N) is 2. The van der Waals surface area contributed by atoms with Crippen molar-refractivity contribution < 1.29 is 4.42 Å². The highest BCUT2D eigenvalue weighted by molar-refractivity contribution is 6.10. The van der Waals surface area contributed by atoms with Crippen LogP contribution in [0.2, 0.25) is 0 Å². The monoisotopic (exact) mass is 880 g/mol. The molecule has 2 heterocycles. The fourth-order valence-corrected chi connectivity index (χ4v) is 10.2. The van der Waals surface area contributed by atoms with Gasteiger partial charge in [0.1, 0.15) is 11.2 Å². The minimum atomic E-state index is 0.882. The van der Waals surface area contributed by atoms with E-state index in [2.05, 4.69) is 264 Å². The number of hydrogen-bond acceptors (Lipinski definition) is 2. The second-order valence-corrected chi connectivity index (χ2v) is 17.7. The maximum absolute atomic E-state index is 6.44. The van der Waals surface area contributed by atoms with Crippen LogP contribution in [0.4, 0.5) is 17.1 Å². The van der Waals surface area contributed by atoms with Gasteiger partial charge < -0.3 is 13.9 Å². The van der Waals surface area contributed by atoms with E-state index in [9.17, 15) is 0 Å². The smallest absolute Gasteiger partial charge is 0.136 e. The third-order valence-electron chi connectivity index (χ3n) is 13.5. The number of hydrogen-bond donors (Lipinski definition) is 0. The lowest BCUT2D eigenvalue weighted by Crippen LogP contribution is -2.10. The van der Waals surface area contributed by atoms with E-state index in [1.54, 1.807) is 0 Å². The third kappa shape index (κ3) is 7.34. The van der Waals surface area contributed by atoms with Crippen molar-refractivity contribution in [2.45, 2.75) is 0 Å². The Morgan fingerprint density at radius 1 is 0.246 bits per heavy atom. The molecule has 13 aromatic rings. The predicted octanol–water partition coefficient (Wildman–Crippen LogP) is 18.5. The van der Waals surface area contributed by atoms with E-state index in [4.69, 9.17) is 4.42 Å². The summed E-state index contributed by atoms with van der Waals surface area (Å²) in [4.78, 5) is 2.35. The first-order valence-corrected chi connectivity index (χ1v) is 23.6. The van der Waals surface area contributed by atoms with Crippen LogP contribution in [0.5, 0.6) is 0 Å². The van der Waals surface area contributed by atoms with Crippen LogP contribution in [0, 0.1) is 0 Å². The highest BCUT2D eigenvalue weighted by atomic mass is 16.3. The van der Waals surface area contributed by atoms with Gasteiger partial charge in [-0.2, -0.15) is 0 Å². The van der Waals surface area contributed by atoms with Crippen molar-refractivity contribution in [2.24, 2.45) is 0 Å². The quantitative estimate of drug-likeness (QED) is 0.144. The maximum Gasteiger partial charge on any atom is 0.136 e. The minimum Gasteiger partial charge on any atom is -0.456 e. The maximum atomic E-state index is 6.44. The van der Waals surface area contributed by atoms with Gasteiger partial charge in [0, 0.05) is 44.3 Å². The Kier molecular flexibility index (Phi) is 9.84. The molecule has 13 rings (SSSR count). The molecule has 324 valence electrons. The zero-order chi connectivity index (χ0) is 45.7. The van der Waals surface area contributed by atoms with E-state index in [1.165, 1.54) is 32.9 Å². The summed E-state index contributed by atoms with van der Waals surface area (Å²) in [6.45, 7) is 0. The Morgan fingerprint density at radius 3 is 1.38 bits per heavy atom. The number of para-hydroxylation sites is 4. The van der Waals surface area contributed by atoms with Crippen molar-refractivity contribution in [1.29, 1.82) is 0 Å². The zero-order valence-corrected chi connectivity index (χ0v) is 37.7. The Labute approximate surface area is 401 Å². The topological polar surface area (TPSA) is 21.3 Å². The van der Waals surface area contributed by atoms with Gasteiger partial charge in [0.25, 0.3) is 0 Å². The number of fused-ring (bicyclic) bond motifs is 6. The van der Waals surface area contributed by atoms with Crippen LogP contribution < -0.4 is 4.90 Å². The lowest BCUT2D eigenvalue weighted by atomic mass is 9.91. The molecule has 69 heavy (non-hydrogen) atoms. The zero-order valence-electron chi connectivity index (χ0n) is 37.7. The van der Waals surface area contributed by atoms with Crippen LogP contribution in [0.15, 0.2) is 271 Å². The molecule has 0 aliphatic rings. The fraction of sp³-hybridized carbons (Fsp3) is 0. The fourth-order valence-electron chi connectivity index (χ4n) is 10.2. The largest absolute Gasteiger partial charge is 0.456 e. The van der Waals surface area contributed by atoms with Crippen molar-refractivity contribution in [3.63, 3.8) is 0 Å². The van der Waals surface area contributed by atoms with E-state index >= 15 is 0 Å². The highest BCUT2D eigenvalue weighted by Crippen LogP contribution is 2.42. The molecule has 0 atom stereocenters. The van der Waals surface area contributed by atoms with Gasteiger partial charge in [-0.3, -0.25) is 0 Å². The van der Waals surface area contributed by atoms with Crippen molar-refractivity contribution >= 4 is 60.8 Å². The summed E-state index contributed by atoms with van der Waals surface area (Å²) in [6, 6.07) is 96.2. The molecule has 0 spiro atoms. The summed E-state index contributed by atoms with van der Waals surface area (Å²) in [5, 5.41) is 4.72. The molecule has 2 aromatic heterocycles. The summed E-state index contributed by atoms with van der Waals surface area (Å²) >= 11 is 0. The van der Waals surface area contributed by atoms with Crippen molar-refractivity contribution in [3.8, 4) is 61.3 Å². The molecule has 11 aromatic carbocycles. The first-order valence-electron chi connectivity index (χ1n) is 23.6. The van der Waals surface area contributed by atoms with Gasteiger partial charge in [-0.25, -0.2) is 0 Å². The van der Waals surface area contributed by atoms with Crippen molar-refractivity contribution in [1.82, 2.24) is 4.57 Å². The van der Waals surface area contributed by atoms with Crippen LogP contribution in [0.1, 0.15) is 0 Å². The van der Waals surface area contributed by atoms with E-state index in [0.717, 1.165) is 89.2 Å². The lowest BCUT2D eigenvalue weighted by Gasteiger charge is -2.26. The summed E-state index contributed by atoms with van der Waals surface area (Å²) in [6.07, 6.45) is 0. The Morgan fingerprint density at radius 2 is 0.681 bits per heavy atom. The summed E-state index contributed by atoms with van der Waals surface area (Å²) < 4.78 is 8.84. The molecule has 0 unspecified atom stereocenters. The molecule has 0 saturated carbocycles. The van der Waals surface area contributed by atoms with Crippen LogP contribution in [0.25, 0.3) is 105 Å². The Balaban J connectivity index is 0.946. The lowest BCUT2D eigenvalue weighted by molar-refractivity contribution is 0.669. The highest BCUT2D eigenvalue weighted by Gasteiger charge is 2.18. The van der Waals surface area contributed by atoms with Gasteiger partial charge in [0.05, 0.1) is 11.0 Å². The molecular weight excluding hydrogens is 837 g/mol. The summed E-state index contributed by atoms with van der Waals surface area (Å²) in [7, 11) is 0. The molecule has 0 amide bonds. The SMILES string of the molecule is c1ccc(-c2cccc(N(c3ccccc3)c3cccc(-c4cccc(-c5cc(-c6ccc7c(c6)oc6ccccc67)cc(-c6ccc7c8ccccc8n(-c8ccccc8)c7c6)c5)c4)c3)c2)cc1. The summed E-state index contributed by atoms with van der Waals surface area (Å²) in [5.41, 5.74) is 20.0. The van der Waals surface area contributed by atoms with E-state index in [0.29, 0.717) is 0 Å². The van der Waals surface area contributed by atoms with Gasteiger partial charge >= 0.3 is 0 Å². The number of rotatable bonds is 9. The van der Waals surface area contributed by atoms with Crippen molar-refractivity contribution in [2.75, 3.05) is 4.90 Å². The second-order valence-electron chi connectivity index (χ2n) is 17.7. The number of anilines is 3. The molecule has 0 aliphatic carbocycles. The van der Waals surface area contributed by atoms with Crippen LogP contribution in [-0.2, 0) is 0 Å². The first-order chi connectivity index (χ1) is 34.2. The first kappa shape index (κ1) is 40.1. The number of benzene rings is 11. The van der Waals surface area contributed by atoms with Gasteiger partial charge in [0.2, 0.25) is 0 Å². The normalized spacial score (nSPS) is 11.5. The van der Waals surface area contributed by atoms with Crippen molar-refractivity contribution in [3.05, 3.63) is 267 Å². The molecule has 3 nitrogen and oxygen atoms in total. The molecule has 0 radical (unpaired) electrons. The Hall–Kier alpha value is -9.18. The van der Waals surface area contributed by atoms with Crippen LogP contribution in [-0.4, -0.2) is 4.57 Å². The summed E-state index contributed by atoms with van der Waals surface area (Å²) in [5.74, 6) is 0. The molecule has 0 fully saturated rings. The number of aromatic nitrogens is 1. The van der Waals surface area contributed by atoms with E-state index in [1.807, 2.05) is 12.1 Å². The average molecular weight is 881 g/mol. The molecule has 0 N–H and O–H groups in total. The van der Waals surface area contributed by atoms with Gasteiger partial charge in [-0.05, 0) is 159 Å². The molecule has 0 bridgehead atoms. The van der Waals surface area contributed by atoms with E-state index < -0.39 is 0 Å². The second kappa shape index (κ2) is 16.9. The van der Waals surface area contributed by atoms with Crippen LogP contribution in [0.3, 0.4) is 0 Å². The van der Waals surface area contributed by atoms with E-state index in [-0.39, 0.29) is 0 Å². The Bertz CT molecular complexity index is 4020. The van der Waals surface area contributed by atoms with Gasteiger partial charge in [-0.1, -0.05) is 164 Å². The standard InChI is InChI=1S/C66H44N2O/c1-4-17-45(18-5-1)48-21-15-27-57(41-48)67(55-23-6-2-7-24-55)58-28-16-22-49(42-58)46-19-14-20-47(37-46)52-38-53(40-54(39-52)51-34-36-62-61-30-11-13-32-65(61)69-66(62)44-51)50-33-35-60-59-29-10-12-31-63(59)68(64(60)43-50)56-25-8-3-9-26-56/h1-44H. The van der Waals surface area contributed by atoms with Gasteiger partial charge in [0.15, 0.2) is 0 Å². The predicted molar refractivity (Wildman–Crippen MR) is 290 cm³/mol.